The minimum absolute atomic E-state index is 0.741. The van der Waals surface area contributed by atoms with E-state index in [0.29, 0.717) is 0 Å². The van der Waals surface area contributed by atoms with Crippen LogP contribution in [0.2, 0.25) is 0 Å². The summed E-state index contributed by atoms with van der Waals surface area (Å²) >= 11 is 0. The molecule has 3 aromatic rings. The molecule has 0 radical (unpaired) electrons. The maximum Gasteiger partial charge on any atom is 0.0589 e. The van der Waals surface area contributed by atoms with Crippen LogP contribution < -0.4 is 0 Å². The Morgan fingerprint density at radius 3 is 2.35 bits per heavy atom. The molecule has 0 aliphatic carbocycles. The van der Waals surface area contributed by atoms with Crippen LogP contribution in [0.25, 0.3) is 0 Å². The van der Waals surface area contributed by atoms with Crippen LogP contribution in [0.4, 0.5) is 0 Å². The molecule has 2 aromatic carbocycles. The van der Waals surface area contributed by atoms with Crippen LogP contribution in [0.15, 0.2) is 72.9 Å². The van der Waals surface area contributed by atoms with Crippen molar-refractivity contribution in [1.82, 2.24) is 9.47 Å². The molecule has 0 aliphatic heterocycles. The molecule has 0 bridgehead atoms. The number of nitrogens with zero attached hydrogens (tertiary/aromatic N) is 2. The molecule has 26 heavy (non-hydrogen) atoms. The fraction of sp³-hybridized carbons (Fsp3) is 0.304. The van der Waals surface area contributed by atoms with Gasteiger partial charge in [0.05, 0.1) is 6.61 Å². The number of ether oxygens (including phenoxy) is 1. The number of benzene rings is 2. The molecule has 136 valence electrons. The van der Waals surface area contributed by atoms with Crippen molar-refractivity contribution < 1.29 is 4.74 Å². The zero-order valence-electron chi connectivity index (χ0n) is 15.8. The van der Waals surface area contributed by atoms with E-state index >= 15 is 0 Å². The predicted molar refractivity (Wildman–Crippen MR) is 107 cm³/mol. The second kappa shape index (κ2) is 9.37. The van der Waals surface area contributed by atoms with Crippen molar-refractivity contribution in [3.8, 4) is 0 Å². The van der Waals surface area contributed by atoms with Gasteiger partial charge >= 0.3 is 0 Å². The van der Waals surface area contributed by atoms with Gasteiger partial charge in [-0.15, -0.1) is 0 Å². The third-order valence-electron chi connectivity index (χ3n) is 4.64. The number of hydrogen-bond donors (Lipinski definition) is 0. The summed E-state index contributed by atoms with van der Waals surface area (Å²) in [5.74, 6) is 0. The van der Waals surface area contributed by atoms with Gasteiger partial charge in [0.25, 0.3) is 0 Å². The highest BCUT2D eigenvalue weighted by molar-refractivity contribution is 5.22. The molecule has 0 saturated carbocycles. The molecular weight excluding hydrogens is 320 g/mol. The highest BCUT2D eigenvalue weighted by Crippen LogP contribution is 2.13. The smallest absolute Gasteiger partial charge is 0.0589 e. The summed E-state index contributed by atoms with van der Waals surface area (Å²) in [5, 5.41) is 0. The second-order valence-electron chi connectivity index (χ2n) is 6.80. The minimum atomic E-state index is 0.741. The lowest BCUT2D eigenvalue weighted by Crippen LogP contribution is -2.27. The predicted octanol–water partition coefficient (Wildman–Crippen LogP) is 4.49. The van der Waals surface area contributed by atoms with E-state index in [2.05, 4.69) is 89.3 Å². The van der Waals surface area contributed by atoms with Crippen molar-refractivity contribution in [1.29, 1.82) is 0 Å². The molecule has 0 aliphatic rings. The van der Waals surface area contributed by atoms with Crippen molar-refractivity contribution in [3.05, 3.63) is 95.3 Å². The van der Waals surface area contributed by atoms with Crippen molar-refractivity contribution in [2.45, 2.75) is 26.6 Å². The Morgan fingerprint density at radius 2 is 1.62 bits per heavy atom. The molecule has 1 aromatic heterocycles. The van der Waals surface area contributed by atoms with Crippen LogP contribution in [0.5, 0.6) is 0 Å². The van der Waals surface area contributed by atoms with E-state index in [-0.39, 0.29) is 0 Å². The van der Waals surface area contributed by atoms with Gasteiger partial charge < -0.3 is 9.30 Å². The summed E-state index contributed by atoms with van der Waals surface area (Å²) in [4.78, 5) is 2.45. The molecule has 0 fully saturated rings. The molecule has 3 rings (SSSR count). The zero-order chi connectivity index (χ0) is 18.2. The molecular formula is C23H28N2O. The van der Waals surface area contributed by atoms with Gasteiger partial charge in [0.15, 0.2) is 0 Å². The zero-order valence-corrected chi connectivity index (χ0v) is 15.8. The Kier molecular flexibility index (Phi) is 6.64. The third kappa shape index (κ3) is 5.32. The molecule has 3 heteroatoms. The Hall–Kier alpha value is -2.36. The monoisotopic (exact) mass is 348 g/mol. The van der Waals surface area contributed by atoms with Gasteiger partial charge in [0, 0.05) is 45.2 Å². The van der Waals surface area contributed by atoms with Gasteiger partial charge in [-0.25, -0.2) is 0 Å². The summed E-state index contributed by atoms with van der Waals surface area (Å²) in [7, 11) is 1.77. The van der Waals surface area contributed by atoms with Crippen LogP contribution in [0.3, 0.4) is 0 Å². The largest absolute Gasteiger partial charge is 0.383 e. The average Bonchev–Trinajstić information content (AvgIpc) is 3.09. The molecule has 0 saturated heterocycles. The standard InChI is InChI=1S/C23H28N2O/c1-20-10-12-22(13-11-20)17-24(15-16-26-2)19-23-9-6-14-25(23)18-21-7-4-3-5-8-21/h3-14H,15-19H2,1-2H3. The Balaban J connectivity index is 1.70. The highest BCUT2D eigenvalue weighted by Gasteiger charge is 2.10. The maximum atomic E-state index is 5.33. The fourth-order valence-corrected chi connectivity index (χ4v) is 3.14. The van der Waals surface area contributed by atoms with Gasteiger partial charge in [0.2, 0.25) is 0 Å². The number of aryl methyl sites for hydroxylation is 1. The molecule has 0 amide bonds. The summed E-state index contributed by atoms with van der Waals surface area (Å²) in [5.41, 5.74) is 5.30. The van der Waals surface area contributed by atoms with Gasteiger partial charge in [0.1, 0.15) is 0 Å². The van der Waals surface area contributed by atoms with Crippen LogP contribution in [-0.2, 0) is 24.4 Å². The minimum Gasteiger partial charge on any atom is -0.383 e. The first kappa shape index (κ1) is 18.4. The lowest BCUT2D eigenvalue weighted by molar-refractivity contribution is 0.138. The van der Waals surface area contributed by atoms with E-state index in [4.69, 9.17) is 4.74 Å². The second-order valence-corrected chi connectivity index (χ2v) is 6.80. The number of methoxy groups -OCH3 is 1. The number of aromatic nitrogens is 1. The Labute approximate surface area is 156 Å². The van der Waals surface area contributed by atoms with Gasteiger partial charge in [-0.3, -0.25) is 4.90 Å². The van der Waals surface area contributed by atoms with Crippen LogP contribution in [0.1, 0.15) is 22.4 Å². The lowest BCUT2D eigenvalue weighted by atomic mass is 10.1. The first-order chi connectivity index (χ1) is 12.7. The van der Waals surface area contributed by atoms with E-state index in [1.807, 2.05) is 0 Å². The summed E-state index contributed by atoms with van der Waals surface area (Å²) in [6.45, 7) is 6.54. The maximum absolute atomic E-state index is 5.33. The quantitative estimate of drug-likeness (QED) is 0.567. The van der Waals surface area contributed by atoms with E-state index in [1.54, 1.807) is 7.11 Å². The van der Waals surface area contributed by atoms with Crippen LogP contribution >= 0.6 is 0 Å². The SMILES string of the molecule is COCCN(Cc1ccc(C)cc1)Cc1cccn1Cc1ccccc1. The normalized spacial score (nSPS) is 11.2. The molecule has 3 nitrogen and oxygen atoms in total. The lowest BCUT2D eigenvalue weighted by Gasteiger charge is -2.23. The average molecular weight is 348 g/mol. The van der Waals surface area contributed by atoms with Crippen LogP contribution in [0, 0.1) is 6.92 Å². The highest BCUT2D eigenvalue weighted by atomic mass is 16.5. The van der Waals surface area contributed by atoms with E-state index in [0.717, 1.165) is 32.8 Å². The van der Waals surface area contributed by atoms with Crippen molar-refractivity contribution >= 4 is 0 Å². The van der Waals surface area contributed by atoms with Gasteiger partial charge in [-0.1, -0.05) is 60.2 Å². The molecule has 0 N–H and O–H groups in total. The summed E-state index contributed by atoms with van der Waals surface area (Å²) < 4.78 is 7.66. The Bertz CT molecular complexity index is 777. The van der Waals surface area contributed by atoms with E-state index < -0.39 is 0 Å². The number of hydrogen-bond acceptors (Lipinski definition) is 2. The fourth-order valence-electron chi connectivity index (χ4n) is 3.14. The van der Waals surface area contributed by atoms with E-state index in [9.17, 15) is 0 Å². The Morgan fingerprint density at radius 1 is 0.846 bits per heavy atom. The molecule has 0 spiro atoms. The first-order valence-corrected chi connectivity index (χ1v) is 9.19. The van der Waals surface area contributed by atoms with Crippen molar-refractivity contribution in [2.24, 2.45) is 0 Å². The molecule has 0 unspecified atom stereocenters. The third-order valence-corrected chi connectivity index (χ3v) is 4.64. The van der Waals surface area contributed by atoms with Crippen molar-refractivity contribution in [2.75, 3.05) is 20.3 Å². The topological polar surface area (TPSA) is 17.4 Å². The molecule has 0 atom stereocenters. The molecule has 1 heterocycles. The van der Waals surface area contributed by atoms with Gasteiger partial charge in [-0.2, -0.15) is 0 Å². The summed E-state index contributed by atoms with van der Waals surface area (Å²) in [6.07, 6.45) is 2.17. The first-order valence-electron chi connectivity index (χ1n) is 9.19. The van der Waals surface area contributed by atoms with E-state index in [1.165, 1.54) is 22.4 Å². The van der Waals surface area contributed by atoms with Crippen molar-refractivity contribution in [3.63, 3.8) is 0 Å². The summed E-state index contributed by atoms with van der Waals surface area (Å²) in [6, 6.07) is 23.8. The van der Waals surface area contributed by atoms with Gasteiger partial charge in [-0.05, 0) is 30.2 Å². The number of rotatable bonds is 9. The van der Waals surface area contributed by atoms with Crippen LogP contribution in [-0.4, -0.2) is 29.7 Å².